The molecule has 0 spiro atoms. The van der Waals surface area contributed by atoms with Crippen LogP contribution in [0.3, 0.4) is 0 Å². The number of nitrogens with two attached hydrogens (primary N) is 1. The molecule has 0 radical (unpaired) electrons. The van der Waals surface area contributed by atoms with E-state index < -0.39 is 18.0 Å². The maximum Gasteiger partial charge on any atom is 0.310 e. The zero-order chi connectivity index (χ0) is 10.6. The number of benzene rings is 1. The highest BCUT2D eigenvalue weighted by atomic mass is 16.4. The predicted octanol–water partition coefficient (Wildman–Crippen LogP) is 0.379. The largest absolute Gasteiger partial charge is 0.481 e. The molecule has 0 aromatic heterocycles. The number of carboxylic acid groups (broad SMARTS) is 1. The van der Waals surface area contributed by atoms with Gasteiger partial charge in [-0.3, -0.25) is 4.79 Å². The third-order valence-corrected chi connectivity index (χ3v) is 2.09. The lowest BCUT2D eigenvalue weighted by atomic mass is 9.96. The standard InChI is InChI=1S/C10H13NO3/c11-6-8(10(13)14)9(12)7-4-2-1-3-5-7/h1-5,8-9,12H,6,11H2,(H,13,14). The Bertz CT molecular complexity index is 299. The van der Waals surface area contributed by atoms with Gasteiger partial charge in [-0.1, -0.05) is 30.3 Å². The van der Waals surface area contributed by atoms with Gasteiger partial charge in [-0.2, -0.15) is 0 Å². The van der Waals surface area contributed by atoms with Gasteiger partial charge in [-0.25, -0.2) is 0 Å². The van der Waals surface area contributed by atoms with Gasteiger partial charge >= 0.3 is 5.97 Å². The summed E-state index contributed by atoms with van der Waals surface area (Å²) in [6, 6.07) is 8.64. The molecule has 0 amide bonds. The molecule has 4 nitrogen and oxygen atoms in total. The van der Waals surface area contributed by atoms with E-state index in [1.807, 2.05) is 0 Å². The second-order valence-electron chi connectivity index (χ2n) is 3.04. The maximum atomic E-state index is 10.7. The van der Waals surface area contributed by atoms with E-state index in [9.17, 15) is 9.90 Å². The van der Waals surface area contributed by atoms with Crippen LogP contribution in [0.1, 0.15) is 11.7 Å². The highest BCUT2D eigenvalue weighted by Crippen LogP contribution is 2.20. The van der Waals surface area contributed by atoms with Crippen LogP contribution in [-0.2, 0) is 4.79 Å². The van der Waals surface area contributed by atoms with Crippen LogP contribution < -0.4 is 5.73 Å². The molecular weight excluding hydrogens is 182 g/mol. The fourth-order valence-electron chi connectivity index (χ4n) is 1.25. The molecule has 0 aliphatic rings. The van der Waals surface area contributed by atoms with Gasteiger partial charge in [-0.15, -0.1) is 0 Å². The predicted molar refractivity (Wildman–Crippen MR) is 51.6 cm³/mol. The van der Waals surface area contributed by atoms with Crippen molar-refractivity contribution in [1.29, 1.82) is 0 Å². The van der Waals surface area contributed by atoms with E-state index in [0.717, 1.165) is 0 Å². The summed E-state index contributed by atoms with van der Waals surface area (Å²) in [6.07, 6.45) is -1.04. The number of hydrogen-bond acceptors (Lipinski definition) is 3. The van der Waals surface area contributed by atoms with E-state index in [-0.39, 0.29) is 6.54 Å². The Morgan fingerprint density at radius 3 is 2.36 bits per heavy atom. The maximum absolute atomic E-state index is 10.7. The lowest BCUT2D eigenvalue weighted by Crippen LogP contribution is -2.29. The number of aliphatic hydroxyl groups excluding tert-OH is 1. The number of rotatable bonds is 4. The van der Waals surface area contributed by atoms with E-state index in [4.69, 9.17) is 10.8 Å². The van der Waals surface area contributed by atoms with Crippen molar-refractivity contribution >= 4 is 5.97 Å². The van der Waals surface area contributed by atoms with Gasteiger partial charge in [0.15, 0.2) is 0 Å². The van der Waals surface area contributed by atoms with Gasteiger partial charge in [0.25, 0.3) is 0 Å². The summed E-state index contributed by atoms with van der Waals surface area (Å²) < 4.78 is 0. The van der Waals surface area contributed by atoms with Crippen molar-refractivity contribution < 1.29 is 15.0 Å². The first-order valence-electron chi connectivity index (χ1n) is 4.32. The first-order chi connectivity index (χ1) is 6.66. The summed E-state index contributed by atoms with van der Waals surface area (Å²) in [6.45, 7) is -0.0780. The number of carbonyl (C=O) groups is 1. The van der Waals surface area contributed by atoms with Crippen LogP contribution >= 0.6 is 0 Å². The molecule has 4 heteroatoms. The van der Waals surface area contributed by atoms with Crippen molar-refractivity contribution in [2.75, 3.05) is 6.54 Å². The summed E-state index contributed by atoms with van der Waals surface area (Å²) in [5, 5.41) is 18.5. The molecule has 2 atom stereocenters. The summed E-state index contributed by atoms with van der Waals surface area (Å²) >= 11 is 0. The van der Waals surface area contributed by atoms with Crippen LogP contribution in [0.15, 0.2) is 30.3 Å². The van der Waals surface area contributed by atoms with Gasteiger partial charge in [0.2, 0.25) is 0 Å². The Hall–Kier alpha value is -1.39. The lowest BCUT2D eigenvalue weighted by molar-refractivity contribution is -0.145. The summed E-state index contributed by atoms with van der Waals surface area (Å²) in [5.41, 5.74) is 5.85. The minimum atomic E-state index is -1.08. The normalized spacial score (nSPS) is 14.7. The zero-order valence-corrected chi connectivity index (χ0v) is 7.63. The van der Waals surface area contributed by atoms with Crippen LogP contribution in [0.25, 0.3) is 0 Å². The van der Waals surface area contributed by atoms with Crippen molar-refractivity contribution in [3.63, 3.8) is 0 Å². The number of hydrogen-bond donors (Lipinski definition) is 3. The Kier molecular flexibility index (Phi) is 3.62. The van der Waals surface area contributed by atoms with Gasteiger partial charge in [0.05, 0.1) is 12.0 Å². The fourth-order valence-corrected chi connectivity index (χ4v) is 1.25. The van der Waals surface area contributed by atoms with Crippen molar-refractivity contribution in [2.24, 2.45) is 11.7 Å². The van der Waals surface area contributed by atoms with Crippen LogP contribution in [0.2, 0.25) is 0 Å². The highest BCUT2D eigenvalue weighted by Gasteiger charge is 2.25. The number of aliphatic hydroxyl groups is 1. The van der Waals surface area contributed by atoms with Gasteiger partial charge in [-0.05, 0) is 5.56 Å². The third kappa shape index (κ3) is 2.31. The Morgan fingerprint density at radius 1 is 1.36 bits per heavy atom. The first kappa shape index (κ1) is 10.7. The molecule has 14 heavy (non-hydrogen) atoms. The quantitative estimate of drug-likeness (QED) is 0.648. The lowest BCUT2D eigenvalue weighted by Gasteiger charge is -2.17. The van der Waals surface area contributed by atoms with Gasteiger partial charge in [0.1, 0.15) is 0 Å². The molecule has 2 unspecified atom stereocenters. The molecule has 1 aromatic rings. The molecule has 1 aromatic carbocycles. The Morgan fingerprint density at radius 2 is 1.93 bits per heavy atom. The van der Waals surface area contributed by atoms with E-state index >= 15 is 0 Å². The molecule has 4 N–H and O–H groups in total. The Labute approximate surface area is 82.0 Å². The molecule has 76 valence electrons. The van der Waals surface area contributed by atoms with Crippen LogP contribution in [0, 0.1) is 5.92 Å². The van der Waals surface area contributed by atoms with E-state index in [1.54, 1.807) is 30.3 Å². The topological polar surface area (TPSA) is 83.6 Å². The molecule has 0 saturated heterocycles. The minimum Gasteiger partial charge on any atom is -0.481 e. The zero-order valence-electron chi connectivity index (χ0n) is 7.63. The molecule has 0 aliphatic heterocycles. The van der Waals surface area contributed by atoms with Crippen molar-refractivity contribution in [1.82, 2.24) is 0 Å². The average molecular weight is 195 g/mol. The minimum absolute atomic E-state index is 0.0780. The van der Waals surface area contributed by atoms with Crippen LogP contribution in [0.5, 0.6) is 0 Å². The second-order valence-corrected chi connectivity index (χ2v) is 3.04. The monoisotopic (exact) mass is 195 g/mol. The summed E-state index contributed by atoms with van der Waals surface area (Å²) in [4.78, 5) is 10.7. The molecule has 0 aliphatic carbocycles. The first-order valence-corrected chi connectivity index (χ1v) is 4.32. The van der Waals surface area contributed by atoms with E-state index in [1.165, 1.54) is 0 Å². The molecule has 0 heterocycles. The summed E-state index contributed by atoms with van der Waals surface area (Å²) in [5.74, 6) is -2.03. The smallest absolute Gasteiger partial charge is 0.310 e. The number of aliphatic carboxylic acids is 1. The van der Waals surface area contributed by atoms with Crippen molar-refractivity contribution in [2.45, 2.75) is 6.10 Å². The van der Waals surface area contributed by atoms with Gasteiger partial charge in [0, 0.05) is 6.54 Å². The second kappa shape index (κ2) is 4.74. The number of carboxylic acids is 1. The average Bonchev–Trinajstić information content (AvgIpc) is 2.19. The van der Waals surface area contributed by atoms with Crippen molar-refractivity contribution in [3.8, 4) is 0 Å². The van der Waals surface area contributed by atoms with Crippen molar-refractivity contribution in [3.05, 3.63) is 35.9 Å². The molecule has 1 rings (SSSR count). The fraction of sp³-hybridized carbons (Fsp3) is 0.300. The molecular formula is C10H13NO3. The molecule has 0 saturated carbocycles. The van der Waals surface area contributed by atoms with E-state index in [2.05, 4.69) is 0 Å². The van der Waals surface area contributed by atoms with Crippen LogP contribution in [-0.4, -0.2) is 22.7 Å². The van der Waals surface area contributed by atoms with E-state index in [0.29, 0.717) is 5.56 Å². The van der Waals surface area contributed by atoms with Crippen LogP contribution in [0.4, 0.5) is 0 Å². The Balaban J connectivity index is 2.83. The third-order valence-electron chi connectivity index (χ3n) is 2.09. The highest BCUT2D eigenvalue weighted by molar-refractivity contribution is 5.71. The van der Waals surface area contributed by atoms with Gasteiger partial charge < -0.3 is 15.9 Å². The molecule has 0 bridgehead atoms. The summed E-state index contributed by atoms with van der Waals surface area (Å²) in [7, 11) is 0. The molecule has 0 fully saturated rings. The SMILES string of the molecule is NCC(C(=O)O)C(O)c1ccccc1.